The number of halogens is 8. The third kappa shape index (κ3) is 9.61. The minimum absolute atomic E-state index is 0.0928. The molecule has 4 rings (SSSR count). The number of carbonyl (C=O) groups is 3. The van der Waals surface area contributed by atoms with E-state index in [0.717, 1.165) is 18.9 Å². The van der Waals surface area contributed by atoms with E-state index in [-0.39, 0.29) is 42.5 Å². The molecular weight excluding hydrogens is 624 g/mol. The Morgan fingerprint density at radius 1 is 1.00 bits per heavy atom. The van der Waals surface area contributed by atoms with E-state index in [0.29, 0.717) is 12.8 Å². The lowest BCUT2D eigenvalue weighted by molar-refractivity contribution is -0.192. The fraction of sp³-hybridized carbons (Fsp3) is 0.571. The number of hydrogen-bond donors (Lipinski definition) is 3. The number of carboxylic acids is 2. The van der Waals surface area contributed by atoms with Crippen molar-refractivity contribution in [2.75, 3.05) is 13.1 Å². The number of carbonyl (C=O) groups excluding carboxylic acids is 1. The topological polar surface area (TPSA) is 125 Å². The molecule has 9 nitrogen and oxygen atoms in total. The minimum Gasteiger partial charge on any atom is -0.481 e. The van der Waals surface area contributed by atoms with Crippen LogP contribution in [0.3, 0.4) is 0 Å². The van der Waals surface area contributed by atoms with Crippen LogP contribution in [0, 0.1) is 0 Å². The van der Waals surface area contributed by atoms with Gasteiger partial charge in [-0.25, -0.2) is 13.6 Å². The lowest BCUT2D eigenvalue weighted by atomic mass is 10.0. The third-order valence-corrected chi connectivity index (χ3v) is 7.61. The van der Waals surface area contributed by atoms with Gasteiger partial charge < -0.3 is 15.5 Å². The van der Waals surface area contributed by atoms with Crippen molar-refractivity contribution >= 4 is 17.8 Å². The van der Waals surface area contributed by atoms with E-state index in [4.69, 9.17) is 9.90 Å². The summed E-state index contributed by atoms with van der Waals surface area (Å²) in [7, 11) is 0. The van der Waals surface area contributed by atoms with Gasteiger partial charge in [0.15, 0.2) is 5.69 Å². The summed E-state index contributed by atoms with van der Waals surface area (Å²) in [4.78, 5) is 35.1. The third-order valence-electron chi connectivity index (χ3n) is 7.61. The summed E-state index contributed by atoms with van der Waals surface area (Å²) in [5.41, 5.74) is -0.893. The molecule has 0 spiro atoms. The van der Waals surface area contributed by atoms with Crippen LogP contribution in [0.25, 0.3) is 11.3 Å². The van der Waals surface area contributed by atoms with Crippen LogP contribution in [0.5, 0.6) is 0 Å². The number of hydrogen-bond acceptors (Lipinski definition) is 5. The molecule has 0 bridgehead atoms. The molecule has 17 heteroatoms. The van der Waals surface area contributed by atoms with E-state index in [1.54, 1.807) is 11.8 Å². The molecule has 2 fully saturated rings. The van der Waals surface area contributed by atoms with Crippen LogP contribution in [0.2, 0.25) is 0 Å². The molecule has 2 aliphatic rings. The highest BCUT2D eigenvalue weighted by Gasteiger charge is 2.39. The van der Waals surface area contributed by atoms with Crippen molar-refractivity contribution < 1.29 is 59.7 Å². The van der Waals surface area contributed by atoms with Crippen LogP contribution in [-0.4, -0.2) is 86.4 Å². The minimum atomic E-state index is -5.08. The van der Waals surface area contributed by atoms with Crippen LogP contribution < -0.4 is 5.32 Å². The quantitative estimate of drug-likeness (QED) is 0.298. The molecule has 1 amide bonds. The van der Waals surface area contributed by atoms with Crippen molar-refractivity contribution in [1.29, 1.82) is 0 Å². The average Bonchev–Trinajstić information content (AvgIpc) is 3.68. The molecule has 1 saturated heterocycles. The molecule has 45 heavy (non-hydrogen) atoms. The van der Waals surface area contributed by atoms with Gasteiger partial charge in [-0.05, 0) is 38.3 Å². The molecule has 2 heterocycles. The SMILES string of the molecule is CC(C[C@@H](CC(=O)O)NC(=O)c1cc(-c2ccccc2C(F)(F)F)n(C2CCCC2)n1)N1C[C@@H](F)[C@H](F)C1.O=C(O)C(F)(F)F. The van der Waals surface area contributed by atoms with Crippen molar-refractivity contribution in [3.63, 3.8) is 0 Å². The Bertz CT molecular complexity index is 1330. The molecule has 1 aromatic heterocycles. The maximum Gasteiger partial charge on any atom is 0.490 e. The van der Waals surface area contributed by atoms with Gasteiger partial charge in [0.25, 0.3) is 5.91 Å². The van der Waals surface area contributed by atoms with Crippen LogP contribution in [0.15, 0.2) is 30.3 Å². The molecule has 1 saturated carbocycles. The number of carboxylic acid groups (broad SMARTS) is 2. The van der Waals surface area contributed by atoms with Gasteiger partial charge in [-0.2, -0.15) is 31.4 Å². The van der Waals surface area contributed by atoms with Gasteiger partial charge in [0.1, 0.15) is 12.3 Å². The Morgan fingerprint density at radius 2 is 1.56 bits per heavy atom. The van der Waals surface area contributed by atoms with E-state index in [1.165, 1.54) is 28.9 Å². The van der Waals surface area contributed by atoms with Crippen LogP contribution >= 0.6 is 0 Å². The first-order chi connectivity index (χ1) is 20.9. The zero-order chi connectivity index (χ0) is 33.7. The number of aromatic nitrogens is 2. The molecule has 250 valence electrons. The Hall–Kier alpha value is -3.76. The van der Waals surface area contributed by atoms with Gasteiger partial charge in [0.2, 0.25) is 0 Å². The van der Waals surface area contributed by atoms with Gasteiger partial charge in [-0.1, -0.05) is 31.0 Å². The number of likely N-dealkylation sites (tertiary alicyclic amines) is 1. The largest absolute Gasteiger partial charge is 0.490 e. The van der Waals surface area contributed by atoms with Crippen molar-refractivity contribution in [3.05, 3.63) is 41.6 Å². The fourth-order valence-corrected chi connectivity index (χ4v) is 5.42. The second-order valence-corrected chi connectivity index (χ2v) is 11.0. The Balaban J connectivity index is 0.000000707. The Morgan fingerprint density at radius 3 is 2.07 bits per heavy atom. The number of benzene rings is 1. The van der Waals surface area contributed by atoms with Crippen molar-refractivity contribution in [2.45, 2.75) is 88.3 Å². The molecule has 1 aromatic carbocycles. The summed E-state index contributed by atoms with van der Waals surface area (Å²) in [6, 6.07) is 4.95. The van der Waals surface area contributed by atoms with E-state index in [2.05, 4.69) is 10.4 Å². The summed E-state index contributed by atoms with van der Waals surface area (Å²) in [6.07, 6.45) is -10.1. The first kappa shape index (κ1) is 35.7. The molecule has 1 aliphatic carbocycles. The van der Waals surface area contributed by atoms with Gasteiger partial charge in [0.05, 0.1) is 23.7 Å². The van der Waals surface area contributed by atoms with E-state index >= 15 is 0 Å². The maximum absolute atomic E-state index is 13.8. The average molecular weight is 657 g/mol. The number of amides is 1. The highest BCUT2D eigenvalue weighted by Crippen LogP contribution is 2.40. The lowest BCUT2D eigenvalue weighted by Crippen LogP contribution is -2.42. The first-order valence-corrected chi connectivity index (χ1v) is 14.0. The van der Waals surface area contributed by atoms with Crippen molar-refractivity contribution in [1.82, 2.24) is 20.0 Å². The standard InChI is InChI=1S/C26H31F5N4O3.C2HF3O2/c1-15(34-13-20(27)21(28)14-34)10-16(11-24(36)37)32-25(38)22-12-23(35(33-22)17-6-2-3-7-17)18-8-4-5-9-19(18)26(29,30)31;3-2(4,5)1(6)7/h4-5,8-9,12,15-17,20-21H,2-3,6-7,10-11,13-14H2,1H3,(H,32,38)(H,36,37);(H,6,7)/t15?,16-,20+,21+;/m0./s1. The van der Waals surface area contributed by atoms with E-state index in [1.807, 2.05) is 0 Å². The molecule has 1 unspecified atom stereocenters. The molecule has 2 aromatic rings. The zero-order valence-electron chi connectivity index (χ0n) is 23.9. The highest BCUT2D eigenvalue weighted by molar-refractivity contribution is 5.94. The summed E-state index contributed by atoms with van der Waals surface area (Å²) in [6.45, 7) is 1.46. The molecule has 1 aliphatic heterocycles. The summed E-state index contributed by atoms with van der Waals surface area (Å²) >= 11 is 0. The summed E-state index contributed by atoms with van der Waals surface area (Å²) in [5, 5.41) is 23.5. The van der Waals surface area contributed by atoms with Gasteiger partial charge in [-0.15, -0.1) is 0 Å². The number of aliphatic carboxylic acids is 2. The number of nitrogens with one attached hydrogen (secondary N) is 1. The van der Waals surface area contributed by atoms with Crippen molar-refractivity contribution in [2.24, 2.45) is 0 Å². The van der Waals surface area contributed by atoms with Crippen LogP contribution in [0.1, 0.15) is 67.5 Å². The smallest absolute Gasteiger partial charge is 0.481 e. The number of nitrogens with zero attached hydrogens (tertiary/aromatic N) is 3. The normalized spacial score (nSPS) is 20.7. The van der Waals surface area contributed by atoms with Crippen LogP contribution in [0.4, 0.5) is 35.1 Å². The first-order valence-electron chi connectivity index (χ1n) is 14.0. The summed E-state index contributed by atoms with van der Waals surface area (Å²) in [5.74, 6) is -4.65. The lowest BCUT2D eigenvalue weighted by Gasteiger charge is -2.27. The van der Waals surface area contributed by atoms with Gasteiger partial charge in [-0.3, -0.25) is 19.2 Å². The van der Waals surface area contributed by atoms with E-state index < -0.39 is 66.6 Å². The molecule has 4 atom stereocenters. The maximum atomic E-state index is 13.8. The predicted molar refractivity (Wildman–Crippen MR) is 143 cm³/mol. The predicted octanol–water partition coefficient (Wildman–Crippen LogP) is 5.66. The second kappa shape index (κ2) is 14.6. The monoisotopic (exact) mass is 656 g/mol. The zero-order valence-corrected chi connectivity index (χ0v) is 23.9. The number of rotatable bonds is 9. The van der Waals surface area contributed by atoms with Crippen LogP contribution in [-0.2, 0) is 15.8 Å². The van der Waals surface area contributed by atoms with Crippen molar-refractivity contribution in [3.8, 4) is 11.3 Å². The Labute approximate surface area is 252 Å². The van der Waals surface area contributed by atoms with Gasteiger partial charge >= 0.3 is 24.3 Å². The van der Waals surface area contributed by atoms with Gasteiger partial charge in [0, 0.05) is 30.7 Å². The Kier molecular flexibility index (Phi) is 11.6. The fourth-order valence-electron chi connectivity index (χ4n) is 5.42. The molecular formula is C28H32F8N4O5. The second-order valence-electron chi connectivity index (χ2n) is 11.0. The molecule has 0 radical (unpaired) electrons. The van der Waals surface area contributed by atoms with E-state index in [9.17, 15) is 49.8 Å². The molecule has 3 N–H and O–H groups in total. The summed E-state index contributed by atoms with van der Waals surface area (Å²) < 4.78 is 102. The number of alkyl halides is 8. The highest BCUT2D eigenvalue weighted by atomic mass is 19.4.